The monoisotopic (exact) mass is 460 g/mol. The lowest BCUT2D eigenvalue weighted by atomic mass is 9.98. The van der Waals surface area contributed by atoms with Crippen molar-refractivity contribution in [3.05, 3.63) is 58.7 Å². The van der Waals surface area contributed by atoms with E-state index in [1.807, 2.05) is 18.2 Å². The molecule has 8 heteroatoms. The Labute approximate surface area is 198 Å². The Hall–Kier alpha value is -3.39. The van der Waals surface area contributed by atoms with Crippen molar-refractivity contribution < 1.29 is 19.1 Å². The number of benzene rings is 2. The van der Waals surface area contributed by atoms with E-state index in [0.717, 1.165) is 49.4 Å². The van der Waals surface area contributed by atoms with Gasteiger partial charge in [0.2, 0.25) is 11.8 Å². The van der Waals surface area contributed by atoms with Gasteiger partial charge in [-0.3, -0.25) is 19.7 Å². The maximum absolute atomic E-state index is 13.5. The summed E-state index contributed by atoms with van der Waals surface area (Å²) >= 11 is 0. The molecule has 0 bridgehead atoms. The highest BCUT2D eigenvalue weighted by Gasteiger charge is 2.40. The van der Waals surface area contributed by atoms with E-state index in [1.165, 1.54) is 11.3 Å². The van der Waals surface area contributed by atoms with Crippen molar-refractivity contribution in [3.8, 4) is 5.75 Å². The first kappa shape index (κ1) is 21.2. The molecule has 4 heterocycles. The largest absolute Gasteiger partial charge is 0.488 e. The number of hydrogen-bond acceptors (Lipinski definition) is 6. The molecule has 0 aliphatic carbocycles. The third-order valence-corrected chi connectivity index (χ3v) is 7.32. The fourth-order valence-corrected chi connectivity index (χ4v) is 5.43. The van der Waals surface area contributed by atoms with E-state index in [2.05, 4.69) is 33.7 Å². The molecule has 176 valence electrons. The summed E-state index contributed by atoms with van der Waals surface area (Å²) in [7, 11) is 0. The molecular formula is C26H28N4O4. The standard InChI is InChI=1S/C26H28N4O4/c31-23-9-8-21(25(32)28-23)30-15-18-4-1-3-17(24(18)26(30)33)14-29-10-2-5-16-6-7-19(11-22(16)29)34-20-12-27-13-20/h1,3-4,6-7,11,20-21,27H,2,5,8-10,12-15H2,(H,28,31,32). The van der Waals surface area contributed by atoms with Gasteiger partial charge in [0.05, 0.1) is 0 Å². The number of nitrogens with one attached hydrogen (secondary N) is 2. The molecule has 6 rings (SSSR count). The molecule has 2 fully saturated rings. The second-order valence-electron chi connectivity index (χ2n) is 9.56. The number of imide groups is 1. The summed E-state index contributed by atoms with van der Waals surface area (Å²) in [5.41, 5.74) is 5.08. The number of nitrogens with zero attached hydrogens (tertiary/aromatic N) is 2. The van der Waals surface area contributed by atoms with E-state index in [-0.39, 0.29) is 30.2 Å². The molecule has 3 amide bonds. The third kappa shape index (κ3) is 3.72. The van der Waals surface area contributed by atoms with Gasteiger partial charge in [0.15, 0.2) is 0 Å². The Balaban J connectivity index is 1.25. The molecule has 2 aromatic carbocycles. The van der Waals surface area contributed by atoms with E-state index in [4.69, 9.17) is 4.74 Å². The lowest BCUT2D eigenvalue weighted by Gasteiger charge is -2.33. The van der Waals surface area contributed by atoms with Crippen molar-refractivity contribution in [1.82, 2.24) is 15.5 Å². The Kier molecular flexibility index (Phi) is 5.25. The van der Waals surface area contributed by atoms with Crippen molar-refractivity contribution >= 4 is 23.4 Å². The fraction of sp³-hybridized carbons (Fsp3) is 0.423. The highest BCUT2D eigenvalue weighted by Crippen LogP contribution is 2.35. The third-order valence-electron chi connectivity index (χ3n) is 7.32. The zero-order chi connectivity index (χ0) is 23.2. The number of ether oxygens (including phenoxy) is 1. The summed E-state index contributed by atoms with van der Waals surface area (Å²) in [5.74, 6) is 0.118. The topological polar surface area (TPSA) is 91.0 Å². The average Bonchev–Trinajstić information content (AvgIpc) is 3.14. The summed E-state index contributed by atoms with van der Waals surface area (Å²) in [4.78, 5) is 41.4. The van der Waals surface area contributed by atoms with E-state index in [0.29, 0.717) is 25.1 Å². The summed E-state index contributed by atoms with van der Waals surface area (Å²) in [6.45, 7) is 3.69. The number of aryl methyl sites for hydroxylation is 1. The van der Waals surface area contributed by atoms with E-state index in [1.54, 1.807) is 4.90 Å². The van der Waals surface area contributed by atoms with Gasteiger partial charge in [-0.1, -0.05) is 24.3 Å². The van der Waals surface area contributed by atoms with Crippen LogP contribution in [0.15, 0.2) is 36.4 Å². The summed E-state index contributed by atoms with van der Waals surface area (Å²) in [5, 5.41) is 5.61. The van der Waals surface area contributed by atoms with Crippen molar-refractivity contribution in [1.29, 1.82) is 0 Å². The maximum atomic E-state index is 13.5. The van der Waals surface area contributed by atoms with Gasteiger partial charge in [-0.25, -0.2) is 0 Å². The normalized spacial score (nSPS) is 22.2. The van der Waals surface area contributed by atoms with E-state index in [9.17, 15) is 14.4 Å². The minimum absolute atomic E-state index is 0.119. The number of fused-ring (bicyclic) bond motifs is 2. The Morgan fingerprint density at radius 3 is 2.71 bits per heavy atom. The van der Waals surface area contributed by atoms with Gasteiger partial charge in [-0.2, -0.15) is 0 Å². The molecule has 1 unspecified atom stereocenters. The molecular weight excluding hydrogens is 432 g/mol. The predicted octanol–water partition coefficient (Wildman–Crippen LogP) is 1.75. The Bertz CT molecular complexity index is 1180. The Morgan fingerprint density at radius 1 is 1.03 bits per heavy atom. The predicted molar refractivity (Wildman–Crippen MR) is 126 cm³/mol. The van der Waals surface area contributed by atoms with Gasteiger partial charge in [0, 0.05) is 56.5 Å². The van der Waals surface area contributed by atoms with Crippen LogP contribution in [0.3, 0.4) is 0 Å². The summed E-state index contributed by atoms with van der Waals surface area (Å²) in [6.07, 6.45) is 2.95. The molecule has 4 aliphatic rings. The summed E-state index contributed by atoms with van der Waals surface area (Å²) in [6, 6.07) is 11.7. The number of amides is 3. The van der Waals surface area contributed by atoms with Crippen LogP contribution in [0.4, 0.5) is 5.69 Å². The molecule has 2 N–H and O–H groups in total. The van der Waals surface area contributed by atoms with Crippen LogP contribution in [-0.2, 0) is 29.1 Å². The highest BCUT2D eigenvalue weighted by molar-refractivity contribution is 6.06. The molecule has 0 aromatic heterocycles. The quantitative estimate of drug-likeness (QED) is 0.661. The number of carbonyl (C=O) groups excluding carboxylic acids is 3. The van der Waals surface area contributed by atoms with Crippen LogP contribution in [0.25, 0.3) is 0 Å². The van der Waals surface area contributed by atoms with Gasteiger partial charge < -0.3 is 19.9 Å². The molecule has 1 atom stereocenters. The molecule has 0 radical (unpaired) electrons. The first-order chi connectivity index (χ1) is 16.6. The molecule has 0 saturated carbocycles. The van der Waals surface area contributed by atoms with Crippen LogP contribution in [-0.4, -0.2) is 54.4 Å². The van der Waals surface area contributed by atoms with Crippen LogP contribution >= 0.6 is 0 Å². The molecule has 8 nitrogen and oxygen atoms in total. The van der Waals surface area contributed by atoms with Gasteiger partial charge in [-0.15, -0.1) is 0 Å². The highest BCUT2D eigenvalue weighted by atomic mass is 16.5. The fourth-order valence-electron chi connectivity index (χ4n) is 5.43. The van der Waals surface area contributed by atoms with Crippen LogP contribution in [0.2, 0.25) is 0 Å². The van der Waals surface area contributed by atoms with Crippen molar-refractivity contribution in [3.63, 3.8) is 0 Å². The van der Waals surface area contributed by atoms with Gasteiger partial charge in [0.1, 0.15) is 17.9 Å². The second-order valence-corrected chi connectivity index (χ2v) is 9.56. The molecule has 2 saturated heterocycles. The van der Waals surface area contributed by atoms with Gasteiger partial charge in [-0.05, 0) is 42.0 Å². The lowest BCUT2D eigenvalue weighted by molar-refractivity contribution is -0.136. The molecule has 2 aromatic rings. The number of anilines is 1. The minimum Gasteiger partial charge on any atom is -0.488 e. The molecule has 0 spiro atoms. The first-order valence-corrected chi connectivity index (χ1v) is 12.1. The van der Waals surface area contributed by atoms with Crippen molar-refractivity contribution in [2.75, 3.05) is 24.5 Å². The van der Waals surface area contributed by atoms with Crippen molar-refractivity contribution in [2.45, 2.75) is 50.9 Å². The van der Waals surface area contributed by atoms with Crippen LogP contribution in [0, 0.1) is 0 Å². The van der Waals surface area contributed by atoms with E-state index < -0.39 is 6.04 Å². The van der Waals surface area contributed by atoms with Gasteiger partial charge in [0.25, 0.3) is 5.91 Å². The molecule has 4 aliphatic heterocycles. The second kappa shape index (κ2) is 8.43. The molecule has 34 heavy (non-hydrogen) atoms. The number of piperidine rings is 1. The average molecular weight is 461 g/mol. The zero-order valence-corrected chi connectivity index (χ0v) is 19.0. The van der Waals surface area contributed by atoms with Crippen LogP contribution < -0.4 is 20.3 Å². The first-order valence-electron chi connectivity index (χ1n) is 12.1. The maximum Gasteiger partial charge on any atom is 0.255 e. The zero-order valence-electron chi connectivity index (χ0n) is 19.0. The van der Waals surface area contributed by atoms with E-state index >= 15 is 0 Å². The number of rotatable bonds is 5. The number of hydrogen-bond donors (Lipinski definition) is 2. The van der Waals surface area contributed by atoms with Gasteiger partial charge >= 0.3 is 0 Å². The minimum atomic E-state index is -0.595. The SMILES string of the molecule is O=C1CCC(N2Cc3cccc(CN4CCCc5ccc(OC6CNC6)cc54)c3C2=O)C(=O)N1. The Morgan fingerprint density at radius 2 is 1.91 bits per heavy atom. The van der Waals surface area contributed by atoms with Crippen LogP contribution in [0.5, 0.6) is 5.75 Å². The summed E-state index contributed by atoms with van der Waals surface area (Å²) < 4.78 is 6.09. The van der Waals surface area contributed by atoms with Crippen molar-refractivity contribution in [2.24, 2.45) is 0 Å². The lowest BCUT2D eigenvalue weighted by Crippen LogP contribution is -2.52. The number of carbonyl (C=O) groups is 3. The smallest absolute Gasteiger partial charge is 0.255 e. The van der Waals surface area contributed by atoms with Crippen LogP contribution in [0.1, 0.15) is 46.3 Å².